The molecule has 0 unspecified atom stereocenters. The first-order valence-corrected chi connectivity index (χ1v) is 13.4. The van der Waals surface area contributed by atoms with Gasteiger partial charge in [0.2, 0.25) is 11.8 Å². The van der Waals surface area contributed by atoms with Gasteiger partial charge in [0, 0.05) is 13.6 Å². The van der Waals surface area contributed by atoms with E-state index in [9.17, 15) is 18.0 Å². The molecule has 2 amide bonds. The highest BCUT2D eigenvalue weighted by Gasteiger charge is 2.32. The molecule has 0 heterocycles. The van der Waals surface area contributed by atoms with Crippen LogP contribution in [0.15, 0.2) is 77.7 Å². The van der Waals surface area contributed by atoms with Crippen LogP contribution in [0.25, 0.3) is 0 Å². The highest BCUT2D eigenvalue weighted by atomic mass is 35.5. The van der Waals surface area contributed by atoms with Crippen LogP contribution in [0.4, 0.5) is 5.69 Å². The maximum Gasteiger partial charge on any atom is 0.264 e. The van der Waals surface area contributed by atoms with Crippen molar-refractivity contribution in [3.63, 3.8) is 0 Å². The Morgan fingerprint density at radius 2 is 1.68 bits per heavy atom. The van der Waals surface area contributed by atoms with Crippen molar-refractivity contribution in [2.24, 2.45) is 0 Å². The molecule has 1 atom stereocenters. The molecular weight excluding hydrogens is 537 g/mol. The standard InChI is InChI=1S/C26H27Cl2N3O5S/c1-18(26(33)29-2)30(16-19-8-7-9-21(14-19)36-3)25(32)17-31(20-12-13-23(27)24(28)15-20)37(34,35)22-10-5-4-6-11-22/h4-15,18H,16-17H2,1-3H3,(H,29,33)/t18-/m1/s1. The SMILES string of the molecule is CNC(=O)[C@@H](C)N(Cc1cccc(OC)c1)C(=O)CN(c1ccc(Cl)c(Cl)c1)S(=O)(=O)c1ccccc1. The lowest BCUT2D eigenvalue weighted by atomic mass is 10.1. The normalized spacial score (nSPS) is 11.9. The summed E-state index contributed by atoms with van der Waals surface area (Å²) in [5.41, 5.74) is 0.857. The van der Waals surface area contributed by atoms with E-state index in [1.165, 1.54) is 49.4 Å². The van der Waals surface area contributed by atoms with Crippen LogP contribution in [0.3, 0.4) is 0 Å². The number of carbonyl (C=O) groups excluding carboxylic acids is 2. The van der Waals surface area contributed by atoms with Gasteiger partial charge in [0.25, 0.3) is 10.0 Å². The summed E-state index contributed by atoms with van der Waals surface area (Å²) in [6.07, 6.45) is 0. The summed E-state index contributed by atoms with van der Waals surface area (Å²) in [7, 11) is -1.19. The first kappa shape index (κ1) is 28.3. The molecule has 0 saturated heterocycles. The van der Waals surface area contributed by atoms with Crippen LogP contribution in [-0.4, -0.2) is 51.9 Å². The first-order valence-electron chi connectivity index (χ1n) is 11.2. The minimum absolute atomic E-state index is 0.00688. The average molecular weight is 564 g/mol. The van der Waals surface area contributed by atoms with Crippen molar-refractivity contribution >= 4 is 50.7 Å². The smallest absolute Gasteiger partial charge is 0.264 e. The van der Waals surface area contributed by atoms with Crippen molar-refractivity contribution in [1.29, 1.82) is 0 Å². The molecule has 0 aromatic heterocycles. The van der Waals surface area contributed by atoms with E-state index in [1.807, 2.05) is 0 Å². The lowest BCUT2D eigenvalue weighted by Crippen LogP contribution is -2.50. The summed E-state index contributed by atoms with van der Waals surface area (Å²) in [5.74, 6) is -0.408. The summed E-state index contributed by atoms with van der Waals surface area (Å²) in [4.78, 5) is 27.6. The fourth-order valence-corrected chi connectivity index (χ4v) is 5.37. The van der Waals surface area contributed by atoms with Crippen molar-refractivity contribution in [1.82, 2.24) is 10.2 Å². The van der Waals surface area contributed by atoms with Gasteiger partial charge >= 0.3 is 0 Å². The number of hydrogen-bond donors (Lipinski definition) is 1. The Morgan fingerprint density at radius 1 is 0.973 bits per heavy atom. The number of amides is 2. The Morgan fingerprint density at radius 3 is 2.30 bits per heavy atom. The minimum atomic E-state index is -4.18. The molecule has 0 fully saturated rings. The molecule has 0 radical (unpaired) electrons. The number of anilines is 1. The molecule has 3 aromatic rings. The summed E-state index contributed by atoms with van der Waals surface area (Å²) in [5, 5.41) is 2.91. The summed E-state index contributed by atoms with van der Waals surface area (Å²) in [6.45, 7) is 1.04. The van der Waals surface area contributed by atoms with E-state index in [4.69, 9.17) is 27.9 Å². The Bertz CT molecular complexity index is 1370. The lowest BCUT2D eigenvalue weighted by Gasteiger charge is -2.32. The summed E-state index contributed by atoms with van der Waals surface area (Å²) < 4.78 is 33.6. The second-order valence-electron chi connectivity index (χ2n) is 8.09. The fourth-order valence-electron chi connectivity index (χ4n) is 3.65. The van der Waals surface area contributed by atoms with E-state index >= 15 is 0 Å². The molecule has 1 N–H and O–H groups in total. The molecule has 0 aliphatic heterocycles. The van der Waals surface area contributed by atoms with Gasteiger partial charge in [-0.2, -0.15) is 0 Å². The Balaban J connectivity index is 2.05. The van der Waals surface area contributed by atoms with Gasteiger partial charge in [0.05, 0.1) is 27.7 Å². The third-order valence-corrected chi connectivity index (χ3v) is 8.23. The van der Waals surface area contributed by atoms with Gasteiger partial charge < -0.3 is 15.0 Å². The van der Waals surface area contributed by atoms with Crippen molar-refractivity contribution in [2.45, 2.75) is 24.4 Å². The second-order valence-corrected chi connectivity index (χ2v) is 10.8. The molecule has 3 aromatic carbocycles. The fraction of sp³-hybridized carbons (Fsp3) is 0.231. The number of rotatable bonds is 10. The van der Waals surface area contributed by atoms with Crippen LogP contribution >= 0.6 is 23.2 Å². The van der Waals surface area contributed by atoms with Crippen LogP contribution in [0, 0.1) is 0 Å². The van der Waals surface area contributed by atoms with E-state index in [-0.39, 0.29) is 27.2 Å². The minimum Gasteiger partial charge on any atom is -0.497 e. The van der Waals surface area contributed by atoms with Crippen LogP contribution < -0.4 is 14.4 Å². The quantitative estimate of drug-likeness (QED) is 0.395. The predicted octanol–water partition coefficient (Wildman–Crippen LogP) is 4.36. The van der Waals surface area contributed by atoms with Crippen LogP contribution in [0.5, 0.6) is 5.75 Å². The van der Waals surface area contributed by atoms with Gasteiger partial charge in [0.15, 0.2) is 0 Å². The van der Waals surface area contributed by atoms with E-state index in [0.717, 1.165) is 4.31 Å². The van der Waals surface area contributed by atoms with Gasteiger partial charge in [-0.15, -0.1) is 0 Å². The Kier molecular flexibility index (Phi) is 9.42. The number of carbonyl (C=O) groups is 2. The molecular formula is C26H27Cl2N3O5S. The molecule has 0 bridgehead atoms. The number of sulfonamides is 1. The molecule has 11 heteroatoms. The highest BCUT2D eigenvalue weighted by molar-refractivity contribution is 7.92. The first-order chi connectivity index (χ1) is 17.6. The Hall–Kier alpha value is -3.27. The van der Waals surface area contributed by atoms with Gasteiger partial charge in [-0.05, 0) is 55.0 Å². The number of ether oxygens (including phenoxy) is 1. The second kappa shape index (κ2) is 12.3. The Labute approximate surface area is 226 Å². The molecule has 37 heavy (non-hydrogen) atoms. The zero-order valence-corrected chi connectivity index (χ0v) is 22.8. The molecule has 0 aliphatic carbocycles. The van der Waals surface area contributed by atoms with Gasteiger partial charge in [0.1, 0.15) is 18.3 Å². The molecule has 0 saturated carbocycles. The summed E-state index contributed by atoms with van der Waals surface area (Å²) >= 11 is 12.2. The number of hydrogen-bond acceptors (Lipinski definition) is 5. The average Bonchev–Trinajstić information content (AvgIpc) is 2.91. The lowest BCUT2D eigenvalue weighted by molar-refractivity contribution is -0.139. The maximum absolute atomic E-state index is 13.7. The number of benzene rings is 3. The number of likely N-dealkylation sites (N-methyl/N-ethyl adjacent to an activating group) is 1. The van der Waals surface area contributed by atoms with E-state index in [2.05, 4.69) is 5.32 Å². The topological polar surface area (TPSA) is 96.0 Å². The third kappa shape index (κ3) is 6.74. The maximum atomic E-state index is 13.7. The zero-order valence-electron chi connectivity index (χ0n) is 20.5. The number of methoxy groups -OCH3 is 1. The van der Waals surface area contributed by atoms with E-state index < -0.39 is 34.4 Å². The number of nitrogens with zero attached hydrogens (tertiary/aromatic N) is 2. The number of nitrogens with one attached hydrogen (secondary N) is 1. The third-order valence-electron chi connectivity index (χ3n) is 5.70. The number of halogens is 2. The van der Waals surface area contributed by atoms with Crippen LogP contribution in [-0.2, 0) is 26.2 Å². The molecule has 3 rings (SSSR count). The summed E-state index contributed by atoms with van der Waals surface area (Å²) in [6, 6.07) is 18.2. The molecule has 8 nitrogen and oxygen atoms in total. The monoisotopic (exact) mass is 563 g/mol. The van der Waals surface area contributed by atoms with Gasteiger partial charge in [-0.25, -0.2) is 8.42 Å². The van der Waals surface area contributed by atoms with Crippen molar-refractivity contribution in [2.75, 3.05) is 25.0 Å². The van der Waals surface area contributed by atoms with Crippen molar-refractivity contribution < 1.29 is 22.7 Å². The van der Waals surface area contributed by atoms with E-state index in [1.54, 1.807) is 49.4 Å². The molecule has 0 spiro atoms. The van der Waals surface area contributed by atoms with Gasteiger partial charge in [-0.1, -0.05) is 53.5 Å². The van der Waals surface area contributed by atoms with Crippen molar-refractivity contribution in [3.8, 4) is 5.75 Å². The van der Waals surface area contributed by atoms with Crippen LogP contribution in [0.1, 0.15) is 12.5 Å². The largest absolute Gasteiger partial charge is 0.497 e. The highest BCUT2D eigenvalue weighted by Crippen LogP contribution is 2.31. The molecule has 196 valence electrons. The van der Waals surface area contributed by atoms with Crippen LogP contribution in [0.2, 0.25) is 10.0 Å². The van der Waals surface area contributed by atoms with Gasteiger partial charge in [-0.3, -0.25) is 13.9 Å². The molecule has 0 aliphatic rings. The zero-order chi connectivity index (χ0) is 27.2. The van der Waals surface area contributed by atoms with E-state index in [0.29, 0.717) is 11.3 Å². The predicted molar refractivity (Wildman–Crippen MR) is 145 cm³/mol. The van der Waals surface area contributed by atoms with Crippen molar-refractivity contribution in [3.05, 3.63) is 88.4 Å².